The summed E-state index contributed by atoms with van der Waals surface area (Å²) in [5.74, 6) is 0. The van der Waals surface area contributed by atoms with Crippen molar-refractivity contribution in [1.82, 2.24) is 14.4 Å². The molecule has 0 bridgehead atoms. The van der Waals surface area contributed by atoms with Crippen molar-refractivity contribution in [2.75, 3.05) is 10.6 Å². The van der Waals surface area contributed by atoms with Crippen LogP contribution in [0.4, 0.5) is 16.2 Å². The molecule has 0 aliphatic heterocycles. The van der Waals surface area contributed by atoms with Gasteiger partial charge in [-0.15, -0.1) is 0 Å². The molecule has 3 aromatic heterocycles. The summed E-state index contributed by atoms with van der Waals surface area (Å²) in [4.78, 5) is 21.1. The number of hydrogen-bond donors (Lipinski definition) is 2. The van der Waals surface area contributed by atoms with Crippen LogP contribution in [0, 0.1) is 0 Å². The van der Waals surface area contributed by atoms with Gasteiger partial charge in [0.25, 0.3) is 0 Å². The zero-order valence-electron chi connectivity index (χ0n) is 20.0. The number of carbonyl (C=O) groups excluding carboxylic acids is 1. The highest BCUT2D eigenvalue weighted by atomic mass is 16.2. The predicted octanol–water partition coefficient (Wildman–Crippen LogP) is 7.00. The first-order chi connectivity index (χ1) is 16.9. The maximum Gasteiger partial charge on any atom is 0.323 e. The van der Waals surface area contributed by atoms with E-state index < -0.39 is 0 Å². The Labute approximate surface area is 204 Å². The monoisotopic (exact) mass is 461 g/mol. The molecule has 0 saturated heterocycles. The Morgan fingerprint density at radius 1 is 0.771 bits per heavy atom. The van der Waals surface area contributed by atoms with E-state index in [1.54, 1.807) is 12.4 Å². The molecule has 0 aliphatic carbocycles. The maximum atomic E-state index is 12.5. The average Bonchev–Trinajstić information content (AvgIpc) is 3.28. The lowest BCUT2D eigenvalue weighted by Crippen LogP contribution is -2.19. The second kappa shape index (κ2) is 9.06. The second-order valence-corrected chi connectivity index (χ2v) is 9.51. The molecular weight excluding hydrogens is 434 g/mol. The molecule has 0 fully saturated rings. The van der Waals surface area contributed by atoms with Crippen LogP contribution in [-0.2, 0) is 5.41 Å². The van der Waals surface area contributed by atoms with Crippen molar-refractivity contribution >= 4 is 23.1 Å². The number of pyridine rings is 2. The van der Waals surface area contributed by atoms with Crippen LogP contribution in [0.25, 0.3) is 28.0 Å². The summed E-state index contributed by atoms with van der Waals surface area (Å²) in [7, 11) is 0. The normalized spacial score (nSPS) is 11.4. The Morgan fingerprint density at radius 2 is 1.40 bits per heavy atom. The fourth-order valence-corrected chi connectivity index (χ4v) is 3.99. The van der Waals surface area contributed by atoms with E-state index in [0.29, 0.717) is 5.69 Å². The first kappa shape index (κ1) is 22.3. The molecule has 2 aromatic carbocycles. The summed E-state index contributed by atoms with van der Waals surface area (Å²) in [6, 6.07) is 23.5. The van der Waals surface area contributed by atoms with Crippen molar-refractivity contribution < 1.29 is 4.79 Å². The number of nitrogens with zero attached hydrogens (tertiary/aromatic N) is 3. The molecule has 35 heavy (non-hydrogen) atoms. The number of urea groups is 1. The van der Waals surface area contributed by atoms with Crippen LogP contribution >= 0.6 is 0 Å². The van der Waals surface area contributed by atoms with Crippen molar-refractivity contribution in [1.29, 1.82) is 0 Å². The number of fused-ring (bicyclic) bond motifs is 1. The summed E-state index contributed by atoms with van der Waals surface area (Å²) in [6.45, 7) is 6.50. The number of rotatable bonds is 4. The van der Waals surface area contributed by atoms with Crippen molar-refractivity contribution in [3.05, 3.63) is 103 Å². The molecule has 0 spiro atoms. The second-order valence-electron chi connectivity index (χ2n) is 9.51. The van der Waals surface area contributed by atoms with Gasteiger partial charge < -0.3 is 10.6 Å². The number of benzene rings is 2. The van der Waals surface area contributed by atoms with Crippen LogP contribution in [0.2, 0.25) is 0 Å². The van der Waals surface area contributed by atoms with Gasteiger partial charge in [0.2, 0.25) is 0 Å². The molecule has 174 valence electrons. The number of imidazole rings is 1. The van der Waals surface area contributed by atoms with E-state index in [1.165, 1.54) is 5.56 Å². The maximum absolute atomic E-state index is 12.5. The molecule has 2 amide bonds. The van der Waals surface area contributed by atoms with E-state index in [-0.39, 0.29) is 11.4 Å². The van der Waals surface area contributed by atoms with Gasteiger partial charge in [-0.05, 0) is 70.6 Å². The van der Waals surface area contributed by atoms with Crippen LogP contribution in [0.3, 0.4) is 0 Å². The van der Waals surface area contributed by atoms with Gasteiger partial charge in [-0.1, -0.05) is 45.0 Å². The highest BCUT2D eigenvalue weighted by Gasteiger charge is 2.13. The lowest BCUT2D eigenvalue weighted by molar-refractivity contribution is 0.262. The number of anilines is 2. The van der Waals surface area contributed by atoms with Crippen molar-refractivity contribution in [2.24, 2.45) is 0 Å². The van der Waals surface area contributed by atoms with Gasteiger partial charge in [0.15, 0.2) is 0 Å². The third-order valence-corrected chi connectivity index (χ3v) is 5.97. The number of aromatic nitrogens is 3. The first-order valence-corrected chi connectivity index (χ1v) is 11.5. The summed E-state index contributed by atoms with van der Waals surface area (Å²) < 4.78 is 2.06. The van der Waals surface area contributed by atoms with Gasteiger partial charge in [-0.3, -0.25) is 9.38 Å². The number of nitrogens with one attached hydrogen (secondary N) is 2. The largest absolute Gasteiger partial charge is 0.323 e. The third-order valence-electron chi connectivity index (χ3n) is 5.97. The lowest BCUT2D eigenvalue weighted by atomic mass is 9.87. The molecule has 6 nitrogen and oxygen atoms in total. The van der Waals surface area contributed by atoms with E-state index >= 15 is 0 Å². The van der Waals surface area contributed by atoms with Gasteiger partial charge in [-0.2, -0.15) is 0 Å². The van der Waals surface area contributed by atoms with Crippen LogP contribution in [0.5, 0.6) is 0 Å². The zero-order valence-corrected chi connectivity index (χ0v) is 20.0. The molecular formula is C29H27N5O. The van der Waals surface area contributed by atoms with Gasteiger partial charge >= 0.3 is 6.03 Å². The predicted molar refractivity (Wildman–Crippen MR) is 142 cm³/mol. The smallest absolute Gasteiger partial charge is 0.308 e. The SMILES string of the molecule is CC(C)(C)c1ccc(NC(=O)Nc2ccc(-c3cnc4cc(-c5ccncc5)ccn34)cc2)cc1. The topological polar surface area (TPSA) is 71.3 Å². The molecule has 0 aliphatic rings. The van der Waals surface area contributed by atoms with Crippen molar-refractivity contribution in [2.45, 2.75) is 26.2 Å². The Balaban J connectivity index is 1.27. The van der Waals surface area contributed by atoms with Gasteiger partial charge in [0.05, 0.1) is 11.9 Å². The summed E-state index contributed by atoms with van der Waals surface area (Å²) in [5, 5.41) is 5.78. The fourth-order valence-electron chi connectivity index (χ4n) is 3.99. The first-order valence-electron chi connectivity index (χ1n) is 11.5. The summed E-state index contributed by atoms with van der Waals surface area (Å²) in [6.07, 6.45) is 7.46. The lowest BCUT2D eigenvalue weighted by Gasteiger charge is -2.19. The molecule has 3 heterocycles. The Bertz CT molecular complexity index is 1460. The molecule has 0 unspecified atom stereocenters. The van der Waals surface area contributed by atoms with Crippen molar-refractivity contribution in [3.8, 4) is 22.4 Å². The van der Waals surface area contributed by atoms with E-state index in [0.717, 1.165) is 33.7 Å². The van der Waals surface area contributed by atoms with Gasteiger partial charge in [0.1, 0.15) is 5.65 Å². The molecule has 6 heteroatoms. The molecule has 0 radical (unpaired) electrons. The van der Waals surface area contributed by atoms with E-state index in [2.05, 4.69) is 57.9 Å². The minimum absolute atomic E-state index is 0.0747. The molecule has 5 aromatic rings. The fraction of sp³-hybridized carbons (Fsp3) is 0.138. The van der Waals surface area contributed by atoms with Gasteiger partial charge in [0, 0.05) is 35.5 Å². The molecule has 0 saturated carbocycles. The third kappa shape index (κ3) is 4.92. The number of hydrogen-bond acceptors (Lipinski definition) is 3. The van der Waals surface area contributed by atoms with Crippen LogP contribution in [-0.4, -0.2) is 20.4 Å². The van der Waals surface area contributed by atoms with E-state index in [9.17, 15) is 4.79 Å². The Kier molecular flexibility index (Phi) is 5.79. The van der Waals surface area contributed by atoms with Crippen LogP contribution in [0.15, 0.2) is 97.6 Å². The number of amides is 2. The minimum Gasteiger partial charge on any atom is -0.308 e. The van der Waals surface area contributed by atoms with Crippen LogP contribution in [0.1, 0.15) is 26.3 Å². The Hall–Kier alpha value is -4.45. The molecule has 5 rings (SSSR count). The molecule has 0 atom stereocenters. The van der Waals surface area contributed by atoms with Crippen LogP contribution < -0.4 is 10.6 Å². The zero-order chi connectivity index (χ0) is 24.4. The standard InChI is InChI=1S/C29H27N5O/c1-29(2,3)23-6-10-25(11-7-23)33-28(35)32-24-8-4-21(5-9-24)26-19-31-27-18-22(14-17-34(26)27)20-12-15-30-16-13-20/h4-19H,1-3H3,(H2,32,33,35). The van der Waals surface area contributed by atoms with Crippen molar-refractivity contribution in [3.63, 3.8) is 0 Å². The van der Waals surface area contributed by atoms with Gasteiger partial charge in [-0.25, -0.2) is 9.78 Å². The summed E-state index contributed by atoms with van der Waals surface area (Å²) >= 11 is 0. The van der Waals surface area contributed by atoms with E-state index in [1.807, 2.05) is 73.1 Å². The average molecular weight is 462 g/mol. The quantitative estimate of drug-likeness (QED) is 0.302. The minimum atomic E-state index is -0.278. The Morgan fingerprint density at radius 3 is 2.03 bits per heavy atom. The summed E-state index contributed by atoms with van der Waals surface area (Å²) in [5.41, 5.74) is 7.82. The van der Waals surface area contributed by atoms with E-state index in [4.69, 9.17) is 0 Å². The highest BCUT2D eigenvalue weighted by Crippen LogP contribution is 2.26. The molecule has 2 N–H and O–H groups in total. The highest BCUT2D eigenvalue weighted by molar-refractivity contribution is 5.99. The number of carbonyl (C=O) groups is 1.